The van der Waals surface area contributed by atoms with E-state index < -0.39 is 11.7 Å². The lowest BCUT2D eigenvalue weighted by atomic mass is 9.60. The van der Waals surface area contributed by atoms with Gasteiger partial charge in [-0.2, -0.15) is 0 Å². The van der Waals surface area contributed by atoms with Crippen LogP contribution in [0.5, 0.6) is 0 Å². The number of hydrogen-bond donors (Lipinski definition) is 3. The predicted molar refractivity (Wildman–Crippen MR) is 124 cm³/mol. The molecule has 3 heteroatoms. The van der Waals surface area contributed by atoms with Crippen molar-refractivity contribution in [1.82, 2.24) is 0 Å². The molecule has 3 rings (SSSR count). The largest absolute Gasteiger partial charge is 0.393 e. The zero-order chi connectivity index (χ0) is 22.1. The Hall–Kier alpha value is -0.640. The summed E-state index contributed by atoms with van der Waals surface area (Å²) in [4.78, 5) is 0. The van der Waals surface area contributed by atoms with Crippen LogP contribution in [0.1, 0.15) is 98.8 Å². The minimum Gasteiger partial charge on any atom is -0.393 e. The summed E-state index contributed by atoms with van der Waals surface area (Å²) in [6.45, 7) is 10.6. The lowest BCUT2D eigenvalue weighted by Gasteiger charge is -2.44. The molecule has 0 heterocycles. The van der Waals surface area contributed by atoms with E-state index >= 15 is 0 Å². The van der Waals surface area contributed by atoms with Crippen LogP contribution in [0.15, 0.2) is 23.3 Å². The molecule has 0 saturated heterocycles. The second-order valence-corrected chi connectivity index (χ2v) is 11.6. The summed E-state index contributed by atoms with van der Waals surface area (Å²) in [5, 5.41) is 30.4. The van der Waals surface area contributed by atoms with Gasteiger partial charge in [-0.25, -0.2) is 0 Å². The van der Waals surface area contributed by atoms with Crippen molar-refractivity contribution in [2.45, 2.75) is 117 Å². The predicted octanol–water partition coefficient (Wildman–Crippen LogP) is 5.78. The first-order valence-electron chi connectivity index (χ1n) is 12.5. The van der Waals surface area contributed by atoms with Crippen molar-refractivity contribution in [2.24, 2.45) is 29.1 Å². The van der Waals surface area contributed by atoms with E-state index in [4.69, 9.17) is 0 Å². The number of allylic oxidation sites excluding steroid dienone is 3. The zero-order valence-electron chi connectivity index (χ0n) is 20.0. The van der Waals surface area contributed by atoms with Crippen LogP contribution in [0, 0.1) is 29.1 Å². The quantitative estimate of drug-likeness (QED) is 0.512. The molecule has 172 valence electrons. The van der Waals surface area contributed by atoms with Crippen LogP contribution in [0.25, 0.3) is 0 Å². The van der Waals surface area contributed by atoms with E-state index in [0.717, 1.165) is 25.7 Å². The van der Waals surface area contributed by atoms with Crippen molar-refractivity contribution in [3.05, 3.63) is 23.3 Å². The molecule has 0 aromatic rings. The van der Waals surface area contributed by atoms with E-state index in [1.54, 1.807) is 19.4 Å². The Bertz CT molecular complexity index is 643. The average Bonchev–Trinajstić information content (AvgIpc) is 3.03. The molecular formula is C27H46O3. The molecule has 0 aliphatic heterocycles. The molecular weight excluding hydrogens is 372 g/mol. The molecule has 30 heavy (non-hydrogen) atoms. The van der Waals surface area contributed by atoms with Gasteiger partial charge in [-0.15, -0.1) is 0 Å². The number of rotatable bonds is 6. The van der Waals surface area contributed by atoms with Gasteiger partial charge in [-0.05, 0) is 107 Å². The number of aliphatic hydroxyl groups is 3. The van der Waals surface area contributed by atoms with E-state index in [1.807, 2.05) is 0 Å². The Morgan fingerprint density at radius 3 is 2.50 bits per heavy atom. The SMILES string of the molecule is CC1CCC(O)CC1=CC=C1CCCC2(C)C1CCC2C(C)CCC(O)C(C)(C)O. The molecule has 3 N–H and O–H groups in total. The van der Waals surface area contributed by atoms with E-state index in [1.165, 1.54) is 37.7 Å². The van der Waals surface area contributed by atoms with Crippen molar-refractivity contribution in [2.75, 3.05) is 0 Å². The molecule has 7 unspecified atom stereocenters. The lowest BCUT2D eigenvalue weighted by molar-refractivity contribution is -0.0554. The highest BCUT2D eigenvalue weighted by Gasteiger charge is 2.50. The van der Waals surface area contributed by atoms with Gasteiger partial charge in [-0.1, -0.05) is 44.1 Å². The number of fused-ring (bicyclic) bond motifs is 1. The third kappa shape index (κ3) is 5.22. The highest BCUT2D eigenvalue weighted by Crippen LogP contribution is 2.60. The van der Waals surface area contributed by atoms with Crippen LogP contribution >= 0.6 is 0 Å². The maximum absolute atomic E-state index is 10.3. The lowest BCUT2D eigenvalue weighted by Crippen LogP contribution is -2.38. The van der Waals surface area contributed by atoms with Crippen molar-refractivity contribution < 1.29 is 15.3 Å². The molecule has 3 fully saturated rings. The average molecular weight is 419 g/mol. The fraction of sp³-hybridized carbons (Fsp3) is 0.852. The summed E-state index contributed by atoms with van der Waals surface area (Å²) in [6, 6.07) is 0. The van der Waals surface area contributed by atoms with Crippen LogP contribution in [0.3, 0.4) is 0 Å². The van der Waals surface area contributed by atoms with Gasteiger partial charge in [0.1, 0.15) is 0 Å². The Morgan fingerprint density at radius 2 is 1.80 bits per heavy atom. The summed E-state index contributed by atoms with van der Waals surface area (Å²) < 4.78 is 0. The van der Waals surface area contributed by atoms with Crippen LogP contribution in [0.2, 0.25) is 0 Å². The van der Waals surface area contributed by atoms with Gasteiger partial charge in [0.25, 0.3) is 0 Å². The number of aliphatic hydroxyl groups excluding tert-OH is 2. The van der Waals surface area contributed by atoms with Crippen LogP contribution in [-0.4, -0.2) is 33.1 Å². The maximum atomic E-state index is 10.3. The minimum atomic E-state index is -1.01. The van der Waals surface area contributed by atoms with Gasteiger partial charge in [0.15, 0.2) is 0 Å². The third-order valence-corrected chi connectivity index (χ3v) is 8.98. The van der Waals surface area contributed by atoms with Gasteiger partial charge in [0, 0.05) is 0 Å². The van der Waals surface area contributed by atoms with Crippen LogP contribution in [-0.2, 0) is 0 Å². The van der Waals surface area contributed by atoms with E-state index in [-0.39, 0.29) is 6.10 Å². The Labute approximate surface area is 184 Å². The van der Waals surface area contributed by atoms with Gasteiger partial charge < -0.3 is 15.3 Å². The molecule has 3 aliphatic carbocycles. The third-order valence-electron chi connectivity index (χ3n) is 8.98. The van der Waals surface area contributed by atoms with E-state index in [2.05, 4.69) is 32.9 Å². The highest BCUT2D eigenvalue weighted by molar-refractivity contribution is 5.26. The first-order valence-corrected chi connectivity index (χ1v) is 12.5. The van der Waals surface area contributed by atoms with Crippen molar-refractivity contribution >= 4 is 0 Å². The topological polar surface area (TPSA) is 60.7 Å². The van der Waals surface area contributed by atoms with E-state index in [9.17, 15) is 15.3 Å². The zero-order valence-corrected chi connectivity index (χ0v) is 20.0. The molecule has 0 spiro atoms. The fourth-order valence-corrected chi connectivity index (χ4v) is 6.84. The van der Waals surface area contributed by atoms with Crippen molar-refractivity contribution in [1.29, 1.82) is 0 Å². The molecule has 3 aliphatic rings. The van der Waals surface area contributed by atoms with Gasteiger partial charge in [-0.3, -0.25) is 0 Å². The minimum absolute atomic E-state index is 0.154. The Morgan fingerprint density at radius 1 is 1.10 bits per heavy atom. The first-order chi connectivity index (χ1) is 14.0. The molecule has 3 saturated carbocycles. The molecule has 0 amide bonds. The normalized spacial score (nSPS) is 39.9. The van der Waals surface area contributed by atoms with E-state index in [0.29, 0.717) is 35.5 Å². The van der Waals surface area contributed by atoms with Crippen molar-refractivity contribution in [3.8, 4) is 0 Å². The monoisotopic (exact) mass is 418 g/mol. The Balaban J connectivity index is 1.69. The molecule has 7 atom stereocenters. The smallest absolute Gasteiger partial charge is 0.0849 e. The standard InChI is InChI=1S/C27H46O3/c1-18-8-12-22(28)17-21(18)11-10-20-7-6-16-27(5)23(13-14-24(20)27)19(2)9-15-25(29)26(3,4)30/h10-11,18-19,22-25,28-30H,6-9,12-17H2,1-5H3. The molecule has 3 nitrogen and oxygen atoms in total. The first kappa shape index (κ1) is 24.0. The van der Waals surface area contributed by atoms with Gasteiger partial charge in [0.05, 0.1) is 17.8 Å². The maximum Gasteiger partial charge on any atom is 0.0849 e. The summed E-state index contributed by atoms with van der Waals surface area (Å²) in [6.07, 6.45) is 14.9. The molecule has 0 aromatic carbocycles. The van der Waals surface area contributed by atoms with Crippen LogP contribution in [0.4, 0.5) is 0 Å². The fourth-order valence-electron chi connectivity index (χ4n) is 6.84. The summed E-state index contributed by atoms with van der Waals surface area (Å²) in [5.74, 6) is 2.55. The van der Waals surface area contributed by atoms with Crippen molar-refractivity contribution in [3.63, 3.8) is 0 Å². The van der Waals surface area contributed by atoms with Crippen LogP contribution < -0.4 is 0 Å². The highest BCUT2D eigenvalue weighted by atomic mass is 16.3. The molecule has 0 radical (unpaired) electrons. The Kier molecular flexibility index (Phi) is 7.58. The second-order valence-electron chi connectivity index (χ2n) is 11.6. The number of hydrogen-bond acceptors (Lipinski definition) is 3. The molecule has 0 bridgehead atoms. The van der Waals surface area contributed by atoms with Gasteiger partial charge in [0.2, 0.25) is 0 Å². The molecule has 0 aromatic heterocycles. The summed E-state index contributed by atoms with van der Waals surface area (Å²) >= 11 is 0. The second kappa shape index (κ2) is 9.46. The summed E-state index contributed by atoms with van der Waals surface area (Å²) in [5.41, 5.74) is 2.41. The van der Waals surface area contributed by atoms with Gasteiger partial charge >= 0.3 is 0 Å². The summed E-state index contributed by atoms with van der Waals surface area (Å²) in [7, 11) is 0.